The van der Waals surface area contributed by atoms with E-state index in [0.717, 1.165) is 16.7 Å². The number of carbonyl (C=O) groups excluding carboxylic acids is 3. The van der Waals surface area contributed by atoms with E-state index in [0.29, 0.717) is 35.7 Å². The first-order valence-corrected chi connectivity index (χ1v) is 13.3. The molecule has 15 heteroatoms. The van der Waals surface area contributed by atoms with Gasteiger partial charge >= 0.3 is 5.76 Å². The fourth-order valence-corrected chi connectivity index (χ4v) is 5.28. The summed E-state index contributed by atoms with van der Waals surface area (Å²) in [5.74, 6) is -0.858. The minimum Gasteiger partial charge on any atom is -0.482 e. The average molecular weight is 582 g/mol. The van der Waals surface area contributed by atoms with E-state index in [-0.39, 0.29) is 48.0 Å². The smallest absolute Gasteiger partial charge is 0.439 e. The van der Waals surface area contributed by atoms with E-state index in [2.05, 4.69) is 40.7 Å². The molecule has 0 bridgehead atoms. The molecule has 0 radical (unpaired) electrons. The van der Waals surface area contributed by atoms with Gasteiger partial charge in [0, 0.05) is 24.2 Å². The van der Waals surface area contributed by atoms with Crippen molar-refractivity contribution in [2.24, 2.45) is 0 Å². The van der Waals surface area contributed by atoms with Crippen LogP contribution in [0.3, 0.4) is 0 Å². The number of amides is 3. The summed E-state index contributed by atoms with van der Waals surface area (Å²) in [6, 6.07) is 13.3. The lowest BCUT2D eigenvalue weighted by Crippen LogP contribution is -2.30. The maximum Gasteiger partial charge on any atom is 0.439 e. The second kappa shape index (κ2) is 10.1. The van der Waals surface area contributed by atoms with E-state index in [1.165, 1.54) is 16.6 Å². The van der Waals surface area contributed by atoms with Gasteiger partial charge in [-0.25, -0.2) is 14.3 Å². The molecule has 0 unspecified atom stereocenters. The van der Waals surface area contributed by atoms with E-state index < -0.39 is 17.6 Å². The Balaban J connectivity index is 1.10. The Kier molecular flexibility index (Phi) is 6.11. The van der Waals surface area contributed by atoms with Crippen LogP contribution >= 0.6 is 0 Å². The number of fused-ring (bicyclic) bond motifs is 3. The quantitative estimate of drug-likeness (QED) is 0.194. The number of ether oxygens (including phenoxy) is 1. The Morgan fingerprint density at radius 1 is 1.09 bits per heavy atom. The van der Waals surface area contributed by atoms with Crippen molar-refractivity contribution in [3.8, 4) is 17.1 Å². The van der Waals surface area contributed by atoms with Crippen molar-refractivity contribution in [3.63, 3.8) is 0 Å². The first-order valence-electron chi connectivity index (χ1n) is 13.3. The molecule has 7 rings (SSSR count). The zero-order valence-electron chi connectivity index (χ0n) is 22.3. The number of aryl methyl sites for hydroxylation is 1. The highest BCUT2D eigenvalue weighted by Crippen LogP contribution is 2.34. The number of hydrogen-bond acceptors (Lipinski definition) is 10. The summed E-state index contributed by atoms with van der Waals surface area (Å²) in [5, 5.41) is 16.5. The SMILES string of the molecule is Nc1cc2nc(C(=O)N[C@H]3CCc4cc(-c5noc(=O)[nH]5)ccc43)cc(C(=O)NCc3ccc4c(c3)NC(=O)CO4)n2n1. The average Bonchev–Trinajstić information content (AvgIpc) is 3.72. The standard InChI is InChI=1S/C28H23N9O6/c29-22-10-23-31-19(26(39)33-17-5-3-14-8-15(2-4-16(14)17)25-34-28(41)43-36-25)9-20(37(23)35-22)27(40)30-11-13-1-6-21-18(7-13)32-24(38)12-42-21/h1-2,4,6-10,17H,3,5,11-12H2,(H2,29,35)(H,30,40)(H,32,38)(H,33,39)(H,34,36,41)/t17-/m0/s1. The molecule has 0 saturated carbocycles. The molecule has 3 aromatic heterocycles. The number of nitrogen functional groups attached to an aromatic ring is 1. The third-order valence-electron chi connectivity index (χ3n) is 7.28. The predicted molar refractivity (Wildman–Crippen MR) is 150 cm³/mol. The molecule has 1 atom stereocenters. The molecule has 4 heterocycles. The van der Waals surface area contributed by atoms with Crippen molar-refractivity contribution in [1.82, 2.24) is 35.4 Å². The number of anilines is 2. The summed E-state index contributed by atoms with van der Waals surface area (Å²) in [7, 11) is 0. The molecule has 1 aliphatic carbocycles. The number of carbonyl (C=O) groups is 3. The lowest BCUT2D eigenvalue weighted by atomic mass is 10.0. The van der Waals surface area contributed by atoms with Crippen molar-refractivity contribution in [2.45, 2.75) is 25.4 Å². The van der Waals surface area contributed by atoms with Crippen LogP contribution in [0, 0.1) is 0 Å². The molecule has 5 aromatic rings. The highest BCUT2D eigenvalue weighted by Gasteiger charge is 2.27. The number of aromatic nitrogens is 5. The molecule has 15 nitrogen and oxygen atoms in total. The van der Waals surface area contributed by atoms with Crippen LogP contribution in [0.25, 0.3) is 17.0 Å². The zero-order chi connectivity index (χ0) is 29.7. The predicted octanol–water partition coefficient (Wildman–Crippen LogP) is 1.33. The molecule has 216 valence electrons. The van der Waals surface area contributed by atoms with Crippen molar-refractivity contribution in [1.29, 1.82) is 0 Å². The maximum absolute atomic E-state index is 13.4. The normalized spacial score (nSPS) is 15.3. The monoisotopic (exact) mass is 581 g/mol. The van der Waals surface area contributed by atoms with Crippen LogP contribution in [-0.2, 0) is 17.8 Å². The van der Waals surface area contributed by atoms with Crippen molar-refractivity contribution < 1.29 is 23.6 Å². The fourth-order valence-electron chi connectivity index (χ4n) is 5.28. The third kappa shape index (κ3) is 4.92. The van der Waals surface area contributed by atoms with E-state index in [4.69, 9.17) is 10.5 Å². The highest BCUT2D eigenvalue weighted by atomic mass is 16.5. The van der Waals surface area contributed by atoms with Crippen molar-refractivity contribution in [3.05, 3.63) is 87.2 Å². The number of hydrogen-bond donors (Lipinski definition) is 5. The van der Waals surface area contributed by atoms with Gasteiger partial charge in [-0.2, -0.15) is 0 Å². The summed E-state index contributed by atoms with van der Waals surface area (Å²) in [6.45, 7) is 0.0816. The molecule has 3 amide bonds. The van der Waals surface area contributed by atoms with Gasteiger partial charge < -0.3 is 26.4 Å². The van der Waals surface area contributed by atoms with E-state index in [1.807, 2.05) is 12.1 Å². The van der Waals surface area contributed by atoms with Crippen LogP contribution in [0.5, 0.6) is 5.75 Å². The van der Waals surface area contributed by atoms with Gasteiger partial charge in [0.05, 0.1) is 11.7 Å². The lowest BCUT2D eigenvalue weighted by molar-refractivity contribution is -0.118. The van der Waals surface area contributed by atoms with Crippen molar-refractivity contribution in [2.75, 3.05) is 17.7 Å². The Labute approximate surface area is 241 Å². The summed E-state index contributed by atoms with van der Waals surface area (Å²) < 4.78 is 11.3. The molecule has 0 spiro atoms. The van der Waals surface area contributed by atoms with Crippen LogP contribution < -0.4 is 32.2 Å². The number of nitrogens with zero attached hydrogens (tertiary/aromatic N) is 4. The van der Waals surface area contributed by atoms with Crippen LogP contribution in [0.1, 0.15) is 50.1 Å². The Bertz CT molecular complexity index is 2010. The van der Waals surface area contributed by atoms with Gasteiger partial charge in [-0.05, 0) is 47.7 Å². The van der Waals surface area contributed by atoms with Crippen molar-refractivity contribution >= 4 is 34.9 Å². The molecule has 2 aromatic carbocycles. The number of benzene rings is 2. The molecule has 2 aliphatic rings. The van der Waals surface area contributed by atoms with Gasteiger partial charge in [-0.15, -0.1) is 5.10 Å². The largest absolute Gasteiger partial charge is 0.482 e. The number of H-pyrrole nitrogens is 1. The Hall–Kier alpha value is -5.99. The highest BCUT2D eigenvalue weighted by molar-refractivity contribution is 5.99. The van der Waals surface area contributed by atoms with Crippen LogP contribution in [0.2, 0.25) is 0 Å². The van der Waals surface area contributed by atoms with E-state index in [1.54, 1.807) is 24.3 Å². The van der Waals surface area contributed by atoms with E-state index in [9.17, 15) is 19.2 Å². The van der Waals surface area contributed by atoms with Gasteiger partial charge in [0.1, 0.15) is 23.0 Å². The second-order valence-electron chi connectivity index (χ2n) is 10.1. The van der Waals surface area contributed by atoms with Gasteiger partial charge in [-0.1, -0.05) is 23.4 Å². The minimum absolute atomic E-state index is 0.0245. The summed E-state index contributed by atoms with van der Waals surface area (Å²) in [5.41, 5.74) is 10.1. The number of rotatable bonds is 6. The molecule has 0 saturated heterocycles. The lowest BCUT2D eigenvalue weighted by Gasteiger charge is -2.18. The van der Waals surface area contributed by atoms with E-state index >= 15 is 0 Å². The maximum atomic E-state index is 13.4. The first kappa shape index (κ1) is 25.9. The molecular formula is C28H23N9O6. The fraction of sp³-hybridized carbons (Fsp3) is 0.179. The minimum atomic E-state index is -0.637. The molecule has 43 heavy (non-hydrogen) atoms. The number of nitrogens with two attached hydrogens (primary N) is 1. The van der Waals surface area contributed by atoms with Gasteiger partial charge in [0.25, 0.3) is 17.7 Å². The Morgan fingerprint density at radius 3 is 2.81 bits per heavy atom. The van der Waals surface area contributed by atoms with Crippen LogP contribution in [0.4, 0.5) is 11.5 Å². The Morgan fingerprint density at radius 2 is 1.98 bits per heavy atom. The zero-order valence-corrected chi connectivity index (χ0v) is 22.3. The van der Waals surface area contributed by atoms with Gasteiger partial charge in [-0.3, -0.25) is 23.9 Å². The van der Waals surface area contributed by atoms with Gasteiger partial charge in [0.2, 0.25) is 0 Å². The number of aromatic amines is 1. The molecular weight excluding hydrogens is 558 g/mol. The van der Waals surface area contributed by atoms with Crippen LogP contribution in [-0.4, -0.2) is 49.1 Å². The summed E-state index contributed by atoms with van der Waals surface area (Å²) >= 11 is 0. The molecule has 0 fully saturated rings. The molecule has 6 N–H and O–H groups in total. The summed E-state index contributed by atoms with van der Waals surface area (Å²) in [6.07, 6.45) is 1.36. The van der Waals surface area contributed by atoms with Gasteiger partial charge in [0.15, 0.2) is 18.1 Å². The van der Waals surface area contributed by atoms with Crippen LogP contribution in [0.15, 0.2) is 57.8 Å². The number of nitrogens with one attached hydrogen (secondary N) is 4. The first-order chi connectivity index (χ1) is 20.8. The second-order valence-corrected chi connectivity index (χ2v) is 10.1. The topological polar surface area (TPSA) is 212 Å². The summed E-state index contributed by atoms with van der Waals surface area (Å²) in [4.78, 5) is 56.6. The third-order valence-corrected chi connectivity index (χ3v) is 7.28. The molecule has 1 aliphatic heterocycles.